The maximum absolute atomic E-state index is 11.0. The SMILES string of the molecule is COc1cc(CN)c([N+](=O)[O-])cc1OCCC(C)(C)O. The minimum atomic E-state index is -0.865. The summed E-state index contributed by atoms with van der Waals surface area (Å²) in [5, 5.41) is 20.6. The second-order valence-electron chi connectivity index (χ2n) is 5.00. The third-order valence-electron chi connectivity index (χ3n) is 2.75. The Morgan fingerprint density at radius 3 is 2.50 bits per heavy atom. The van der Waals surface area contributed by atoms with Crippen molar-refractivity contribution in [1.29, 1.82) is 0 Å². The van der Waals surface area contributed by atoms with E-state index in [9.17, 15) is 15.2 Å². The molecule has 0 aliphatic rings. The van der Waals surface area contributed by atoms with E-state index in [1.165, 1.54) is 19.2 Å². The van der Waals surface area contributed by atoms with E-state index in [0.717, 1.165) is 0 Å². The number of nitrogens with two attached hydrogens (primary N) is 1. The number of nitrogens with zero attached hydrogens (tertiary/aromatic N) is 1. The highest BCUT2D eigenvalue weighted by Gasteiger charge is 2.19. The Hall–Kier alpha value is -1.86. The average Bonchev–Trinajstić information content (AvgIpc) is 2.36. The van der Waals surface area contributed by atoms with Gasteiger partial charge in [0.2, 0.25) is 0 Å². The van der Waals surface area contributed by atoms with Gasteiger partial charge in [0.1, 0.15) is 0 Å². The van der Waals surface area contributed by atoms with Crippen LogP contribution in [0.1, 0.15) is 25.8 Å². The summed E-state index contributed by atoms with van der Waals surface area (Å²) in [5.74, 6) is 0.646. The van der Waals surface area contributed by atoms with Gasteiger partial charge in [-0.05, 0) is 19.9 Å². The van der Waals surface area contributed by atoms with Gasteiger partial charge >= 0.3 is 0 Å². The van der Waals surface area contributed by atoms with Gasteiger partial charge in [-0.3, -0.25) is 10.1 Å². The summed E-state index contributed by atoms with van der Waals surface area (Å²) in [7, 11) is 1.45. The van der Waals surface area contributed by atoms with Gasteiger partial charge in [0, 0.05) is 18.5 Å². The predicted molar refractivity (Wildman–Crippen MR) is 73.9 cm³/mol. The predicted octanol–water partition coefficient (Wildman–Crippen LogP) is 1.60. The van der Waals surface area contributed by atoms with Crippen LogP contribution in [0.25, 0.3) is 0 Å². The number of ether oxygens (including phenoxy) is 2. The largest absolute Gasteiger partial charge is 0.493 e. The first-order valence-corrected chi connectivity index (χ1v) is 6.19. The van der Waals surface area contributed by atoms with Crippen molar-refractivity contribution in [3.63, 3.8) is 0 Å². The molecule has 1 aromatic carbocycles. The molecule has 0 atom stereocenters. The summed E-state index contributed by atoms with van der Waals surface area (Å²) < 4.78 is 10.6. The van der Waals surface area contributed by atoms with Gasteiger partial charge in [-0.2, -0.15) is 0 Å². The normalized spacial score (nSPS) is 11.2. The molecular weight excluding hydrogens is 264 g/mol. The number of nitro benzene ring substituents is 1. The van der Waals surface area contributed by atoms with E-state index >= 15 is 0 Å². The smallest absolute Gasteiger partial charge is 0.277 e. The number of hydrogen-bond acceptors (Lipinski definition) is 6. The zero-order valence-corrected chi connectivity index (χ0v) is 11.9. The first-order valence-electron chi connectivity index (χ1n) is 6.19. The Balaban J connectivity index is 2.99. The molecule has 0 aromatic heterocycles. The van der Waals surface area contributed by atoms with Crippen LogP contribution < -0.4 is 15.2 Å². The highest BCUT2D eigenvalue weighted by Crippen LogP contribution is 2.34. The van der Waals surface area contributed by atoms with Crippen molar-refractivity contribution in [2.24, 2.45) is 5.73 Å². The Labute approximate surface area is 117 Å². The lowest BCUT2D eigenvalue weighted by atomic mass is 10.1. The molecule has 0 saturated carbocycles. The van der Waals surface area contributed by atoms with Crippen LogP contribution in [0.4, 0.5) is 5.69 Å². The third kappa shape index (κ3) is 4.36. The molecule has 0 bridgehead atoms. The van der Waals surface area contributed by atoms with Crippen LogP contribution in [0.5, 0.6) is 11.5 Å². The molecule has 0 saturated heterocycles. The molecule has 112 valence electrons. The van der Waals surface area contributed by atoms with E-state index in [0.29, 0.717) is 17.7 Å². The van der Waals surface area contributed by atoms with E-state index < -0.39 is 10.5 Å². The lowest BCUT2D eigenvalue weighted by Gasteiger charge is -2.18. The van der Waals surface area contributed by atoms with Crippen molar-refractivity contribution < 1.29 is 19.5 Å². The minimum absolute atomic E-state index is 0.0383. The number of benzene rings is 1. The first-order chi connectivity index (χ1) is 9.28. The Kier molecular flexibility index (Phi) is 5.29. The summed E-state index contributed by atoms with van der Waals surface area (Å²) in [6, 6.07) is 2.79. The van der Waals surface area contributed by atoms with Gasteiger partial charge in [-0.25, -0.2) is 0 Å². The molecule has 0 heterocycles. The van der Waals surface area contributed by atoms with Crippen LogP contribution in [0.2, 0.25) is 0 Å². The molecule has 0 aliphatic heterocycles. The van der Waals surface area contributed by atoms with Crippen LogP contribution in [0.15, 0.2) is 12.1 Å². The van der Waals surface area contributed by atoms with Gasteiger partial charge in [-0.15, -0.1) is 0 Å². The first kappa shape index (κ1) is 16.2. The van der Waals surface area contributed by atoms with Gasteiger partial charge in [0.05, 0.1) is 30.3 Å². The standard InChI is InChI=1S/C13H20N2O5/c1-13(2,16)4-5-20-12-7-10(15(17)18)9(8-14)6-11(12)19-3/h6-7,16H,4-5,8,14H2,1-3H3. The lowest BCUT2D eigenvalue weighted by molar-refractivity contribution is -0.385. The molecule has 0 aliphatic carbocycles. The quantitative estimate of drug-likeness (QED) is 0.581. The van der Waals surface area contributed by atoms with E-state index in [4.69, 9.17) is 15.2 Å². The monoisotopic (exact) mass is 284 g/mol. The van der Waals surface area contributed by atoms with E-state index in [2.05, 4.69) is 0 Å². The minimum Gasteiger partial charge on any atom is -0.493 e. The Bertz CT molecular complexity index is 482. The molecule has 3 N–H and O–H groups in total. The number of nitro groups is 1. The van der Waals surface area contributed by atoms with Crippen LogP contribution in [0, 0.1) is 10.1 Å². The highest BCUT2D eigenvalue weighted by atomic mass is 16.6. The van der Waals surface area contributed by atoms with Crippen molar-refractivity contribution >= 4 is 5.69 Å². The molecule has 1 rings (SSSR count). The molecular formula is C13H20N2O5. The number of methoxy groups -OCH3 is 1. The zero-order chi connectivity index (χ0) is 15.3. The Morgan fingerprint density at radius 1 is 1.40 bits per heavy atom. The van der Waals surface area contributed by atoms with Crippen molar-refractivity contribution in [1.82, 2.24) is 0 Å². The van der Waals surface area contributed by atoms with E-state index in [1.54, 1.807) is 13.8 Å². The molecule has 7 nitrogen and oxygen atoms in total. The topological polar surface area (TPSA) is 108 Å². The van der Waals surface area contributed by atoms with Crippen molar-refractivity contribution in [3.8, 4) is 11.5 Å². The zero-order valence-electron chi connectivity index (χ0n) is 11.9. The molecule has 0 fully saturated rings. The van der Waals surface area contributed by atoms with Crippen molar-refractivity contribution in [3.05, 3.63) is 27.8 Å². The van der Waals surface area contributed by atoms with Gasteiger partial charge in [-0.1, -0.05) is 0 Å². The molecule has 20 heavy (non-hydrogen) atoms. The van der Waals surface area contributed by atoms with Gasteiger partial charge in [0.25, 0.3) is 5.69 Å². The van der Waals surface area contributed by atoms with Crippen LogP contribution >= 0.6 is 0 Å². The Morgan fingerprint density at radius 2 is 2.05 bits per heavy atom. The molecule has 7 heteroatoms. The van der Waals surface area contributed by atoms with Crippen LogP contribution in [0.3, 0.4) is 0 Å². The summed E-state index contributed by atoms with van der Waals surface area (Å²) in [4.78, 5) is 10.5. The van der Waals surface area contributed by atoms with E-state index in [-0.39, 0.29) is 24.6 Å². The summed E-state index contributed by atoms with van der Waals surface area (Å²) in [6.07, 6.45) is 0.391. The molecule has 1 aromatic rings. The lowest BCUT2D eigenvalue weighted by Crippen LogP contribution is -2.22. The van der Waals surface area contributed by atoms with E-state index in [1.807, 2.05) is 0 Å². The maximum atomic E-state index is 11.0. The molecule has 0 radical (unpaired) electrons. The second-order valence-corrected chi connectivity index (χ2v) is 5.00. The average molecular weight is 284 g/mol. The summed E-state index contributed by atoms with van der Waals surface area (Å²) in [6.45, 7) is 3.58. The van der Waals surface area contributed by atoms with Gasteiger partial charge < -0.3 is 20.3 Å². The second kappa shape index (κ2) is 6.53. The fourth-order valence-corrected chi connectivity index (χ4v) is 1.61. The van der Waals surface area contributed by atoms with Gasteiger partial charge in [0.15, 0.2) is 11.5 Å². The number of hydrogen-bond donors (Lipinski definition) is 2. The number of rotatable bonds is 7. The third-order valence-corrected chi connectivity index (χ3v) is 2.75. The fraction of sp³-hybridized carbons (Fsp3) is 0.538. The molecule has 0 spiro atoms. The van der Waals surface area contributed by atoms with Crippen molar-refractivity contribution in [2.75, 3.05) is 13.7 Å². The van der Waals surface area contributed by atoms with Crippen LogP contribution in [-0.4, -0.2) is 29.3 Å². The summed E-state index contributed by atoms with van der Waals surface area (Å²) >= 11 is 0. The van der Waals surface area contributed by atoms with Crippen molar-refractivity contribution in [2.45, 2.75) is 32.4 Å². The van der Waals surface area contributed by atoms with Crippen LogP contribution in [-0.2, 0) is 6.54 Å². The molecule has 0 unspecified atom stereocenters. The fourth-order valence-electron chi connectivity index (χ4n) is 1.61. The number of aliphatic hydroxyl groups is 1. The summed E-state index contributed by atoms with van der Waals surface area (Å²) in [5.41, 5.74) is 4.89. The highest BCUT2D eigenvalue weighted by molar-refractivity contribution is 5.54. The maximum Gasteiger partial charge on any atom is 0.277 e. The molecule has 0 amide bonds.